The number of hydrogen-bond donors (Lipinski definition) is 2. The molecule has 0 aromatic carbocycles. The fraction of sp³-hybridized carbons (Fsp3) is 0.909. The van der Waals surface area contributed by atoms with Gasteiger partial charge in [-0.1, -0.05) is 6.92 Å². The summed E-state index contributed by atoms with van der Waals surface area (Å²) in [4.78, 5) is 11.5. The maximum Gasteiger partial charge on any atom is 0.222 e. The third-order valence-electron chi connectivity index (χ3n) is 3.38. The van der Waals surface area contributed by atoms with Crippen molar-refractivity contribution < 1.29 is 9.53 Å². The van der Waals surface area contributed by atoms with Crippen molar-refractivity contribution in [3.8, 4) is 0 Å². The normalized spacial score (nSPS) is 18.4. The van der Waals surface area contributed by atoms with E-state index in [2.05, 4.69) is 12.2 Å². The van der Waals surface area contributed by atoms with Gasteiger partial charge in [-0.05, 0) is 24.7 Å². The van der Waals surface area contributed by atoms with E-state index < -0.39 is 0 Å². The minimum absolute atomic E-state index is 0. The van der Waals surface area contributed by atoms with Crippen molar-refractivity contribution in [2.24, 2.45) is 11.1 Å². The van der Waals surface area contributed by atoms with Crippen LogP contribution in [0.5, 0.6) is 0 Å². The first-order valence-electron chi connectivity index (χ1n) is 5.65. The lowest BCUT2D eigenvalue weighted by Gasteiger charge is -2.16. The van der Waals surface area contributed by atoms with Crippen LogP contribution in [0.15, 0.2) is 0 Å². The Balaban J connectivity index is 0.00000225. The van der Waals surface area contributed by atoms with E-state index in [0.717, 1.165) is 13.0 Å². The van der Waals surface area contributed by atoms with E-state index in [0.29, 0.717) is 18.4 Å². The van der Waals surface area contributed by atoms with Crippen LogP contribution in [-0.4, -0.2) is 32.2 Å². The molecule has 0 aromatic heterocycles. The number of ether oxygens (including phenoxy) is 1. The van der Waals surface area contributed by atoms with Crippen LogP contribution < -0.4 is 11.1 Å². The standard InChI is InChI=1S/C11H22N2O2.ClH/c1-3-11(4-5-11)8-13-10(14)6-9(7-12)15-2;/h9H,3-8,12H2,1-2H3,(H,13,14);1H. The molecule has 4 nitrogen and oxygen atoms in total. The van der Waals surface area contributed by atoms with Crippen LogP contribution in [0, 0.1) is 5.41 Å². The van der Waals surface area contributed by atoms with Crippen molar-refractivity contribution in [3.05, 3.63) is 0 Å². The van der Waals surface area contributed by atoms with E-state index in [1.54, 1.807) is 7.11 Å². The van der Waals surface area contributed by atoms with Crippen LogP contribution in [0.4, 0.5) is 0 Å². The highest BCUT2D eigenvalue weighted by atomic mass is 35.5. The van der Waals surface area contributed by atoms with Gasteiger partial charge in [-0.3, -0.25) is 4.79 Å². The van der Waals surface area contributed by atoms with Gasteiger partial charge >= 0.3 is 0 Å². The van der Waals surface area contributed by atoms with Gasteiger partial charge in [0, 0.05) is 20.2 Å². The summed E-state index contributed by atoms with van der Waals surface area (Å²) in [5, 5.41) is 2.96. The highest BCUT2D eigenvalue weighted by molar-refractivity contribution is 5.85. The molecule has 0 aliphatic heterocycles. The van der Waals surface area contributed by atoms with Gasteiger partial charge in [0.15, 0.2) is 0 Å². The van der Waals surface area contributed by atoms with E-state index in [1.165, 1.54) is 12.8 Å². The molecule has 0 radical (unpaired) electrons. The molecule has 1 rings (SSSR count). The van der Waals surface area contributed by atoms with Crippen molar-refractivity contribution in [1.29, 1.82) is 0 Å². The molecule has 1 unspecified atom stereocenters. The summed E-state index contributed by atoms with van der Waals surface area (Å²) in [5.41, 5.74) is 5.85. The molecule has 16 heavy (non-hydrogen) atoms. The molecule has 1 aliphatic rings. The Hall–Kier alpha value is -0.320. The molecular formula is C11H23ClN2O2. The molecule has 0 aromatic rings. The van der Waals surface area contributed by atoms with Gasteiger partial charge in [0.1, 0.15) is 0 Å². The Morgan fingerprint density at radius 2 is 2.19 bits per heavy atom. The number of amides is 1. The number of carbonyl (C=O) groups excluding carboxylic acids is 1. The summed E-state index contributed by atoms with van der Waals surface area (Å²) < 4.78 is 5.06. The first-order valence-corrected chi connectivity index (χ1v) is 5.65. The zero-order valence-electron chi connectivity index (χ0n) is 10.1. The minimum atomic E-state index is -0.151. The van der Waals surface area contributed by atoms with Crippen LogP contribution in [0.3, 0.4) is 0 Å². The molecule has 0 saturated heterocycles. The molecule has 1 amide bonds. The maximum absolute atomic E-state index is 11.5. The summed E-state index contributed by atoms with van der Waals surface area (Å²) in [6.45, 7) is 3.38. The molecule has 1 atom stereocenters. The van der Waals surface area contributed by atoms with Crippen molar-refractivity contribution in [2.75, 3.05) is 20.2 Å². The zero-order valence-corrected chi connectivity index (χ0v) is 10.9. The van der Waals surface area contributed by atoms with Gasteiger partial charge in [-0.25, -0.2) is 0 Å². The molecular weight excluding hydrogens is 228 g/mol. The lowest BCUT2D eigenvalue weighted by Crippen LogP contribution is -2.35. The average Bonchev–Trinajstić information content (AvgIpc) is 3.04. The molecule has 3 N–H and O–H groups in total. The first kappa shape index (κ1) is 15.7. The molecule has 96 valence electrons. The molecule has 1 fully saturated rings. The second kappa shape index (κ2) is 7.09. The quantitative estimate of drug-likeness (QED) is 0.711. The number of hydrogen-bond acceptors (Lipinski definition) is 3. The predicted octanol–water partition coefficient (Wildman–Crippen LogP) is 1.08. The van der Waals surface area contributed by atoms with Gasteiger partial charge < -0.3 is 15.8 Å². The lowest BCUT2D eigenvalue weighted by atomic mass is 10.0. The van der Waals surface area contributed by atoms with Gasteiger partial charge in [0.25, 0.3) is 0 Å². The fourth-order valence-corrected chi connectivity index (χ4v) is 1.66. The predicted molar refractivity (Wildman–Crippen MR) is 66.7 cm³/mol. The van der Waals surface area contributed by atoms with Crippen LogP contribution in [0.25, 0.3) is 0 Å². The first-order chi connectivity index (χ1) is 7.15. The summed E-state index contributed by atoms with van der Waals surface area (Å²) in [5.74, 6) is 0.0482. The van der Waals surface area contributed by atoms with Gasteiger partial charge in [-0.15, -0.1) is 12.4 Å². The SMILES string of the molecule is CCC1(CNC(=O)CC(CN)OC)CC1.Cl. The Labute approximate surface area is 104 Å². The maximum atomic E-state index is 11.5. The van der Waals surface area contributed by atoms with Crippen molar-refractivity contribution in [1.82, 2.24) is 5.32 Å². The van der Waals surface area contributed by atoms with Crippen LogP contribution >= 0.6 is 12.4 Å². The highest BCUT2D eigenvalue weighted by Gasteiger charge is 2.40. The van der Waals surface area contributed by atoms with Crippen LogP contribution in [0.2, 0.25) is 0 Å². The Morgan fingerprint density at radius 3 is 2.56 bits per heavy atom. The van der Waals surface area contributed by atoms with Crippen LogP contribution in [-0.2, 0) is 9.53 Å². The van der Waals surface area contributed by atoms with E-state index in [4.69, 9.17) is 10.5 Å². The fourth-order valence-electron chi connectivity index (χ4n) is 1.66. The minimum Gasteiger partial charge on any atom is -0.380 e. The number of rotatable bonds is 7. The van der Waals surface area contributed by atoms with Gasteiger partial charge in [0.2, 0.25) is 5.91 Å². The summed E-state index contributed by atoms with van der Waals surface area (Å²) in [6, 6.07) is 0. The largest absolute Gasteiger partial charge is 0.380 e. The van der Waals surface area contributed by atoms with Crippen molar-refractivity contribution >= 4 is 18.3 Å². The number of nitrogens with one attached hydrogen (secondary N) is 1. The van der Waals surface area contributed by atoms with E-state index in [9.17, 15) is 4.79 Å². The van der Waals surface area contributed by atoms with E-state index in [-0.39, 0.29) is 24.4 Å². The molecule has 0 spiro atoms. The third kappa shape index (κ3) is 4.68. The number of nitrogens with two attached hydrogens (primary N) is 1. The topological polar surface area (TPSA) is 64.4 Å². The Bertz CT molecular complexity index is 216. The van der Waals surface area contributed by atoms with Crippen molar-refractivity contribution in [3.63, 3.8) is 0 Å². The summed E-state index contributed by atoms with van der Waals surface area (Å²) >= 11 is 0. The van der Waals surface area contributed by atoms with E-state index in [1.807, 2.05) is 0 Å². The third-order valence-corrected chi connectivity index (χ3v) is 3.38. The molecule has 1 aliphatic carbocycles. The second-order valence-electron chi connectivity index (χ2n) is 4.43. The molecule has 5 heteroatoms. The highest BCUT2D eigenvalue weighted by Crippen LogP contribution is 2.47. The van der Waals surface area contributed by atoms with Crippen LogP contribution in [0.1, 0.15) is 32.6 Å². The van der Waals surface area contributed by atoms with Gasteiger partial charge in [0.05, 0.1) is 12.5 Å². The summed E-state index contributed by atoms with van der Waals surface area (Å²) in [7, 11) is 1.58. The molecule has 0 heterocycles. The molecule has 1 saturated carbocycles. The van der Waals surface area contributed by atoms with E-state index >= 15 is 0 Å². The van der Waals surface area contributed by atoms with Gasteiger partial charge in [-0.2, -0.15) is 0 Å². The number of carbonyl (C=O) groups is 1. The lowest BCUT2D eigenvalue weighted by molar-refractivity contribution is -0.123. The Kier molecular flexibility index (Phi) is 6.95. The monoisotopic (exact) mass is 250 g/mol. The average molecular weight is 251 g/mol. The number of methoxy groups -OCH3 is 1. The smallest absolute Gasteiger partial charge is 0.222 e. The zero-order chi connectivity index (χ0) is 11.3. The second-order valence-corrected chi connectivity index (χ2v) is 4.43. The van der Waals surface area contributed by atoms with Crippen molar-refractivity contribution in [2.45, 2.75) is 38.7 Å². The Morgan fingerprint density at radius 1 is 1.56 bits per heavy atom. The summed E-state index contributed by atoms with van der Waals surface area (Å²) in [6.07, 6.45) is 3.86. The molecule has 0 bridgehead atoms. The number of halogens is 1.